The molecule has 2 atom stereocenters. The van der Waals surface area contributed by atoms with Crippen LogP contribution in [0.2, 0.25) is 0 Å². The summed E-state index contributed by atoms with van der Waals surface area (Å²) >= 11 is 0. The molecule has 3 N–H and O–H groups in total. The van der Waals surface area contributed by atoms with Crippen molar-refractivity contribution in [3.05, 3.63) is 18.2 Å². The van der Waals surface area contributed by atoms with E-state index in [0.29, 0.717) is 29.3 Å². The standard InChI is InChI=1S/C15H24N2O3S/c1-10-5-4-6-11(2)15(10)17-13-9-12(21(16,18)19)7-8-14(13)20-3/h7-11,15,17H,4-6H2,1-3H3,(H2,16,18,19). The van der Waals surface area contributed by atoms with Gasteiger partial charge in [0.2, 0.25) is 10.0 Å². The first kappa shape index (κ1) is 16.1. The molecule has 2 unspecified atom stereocenters. The average molecular weight is 312 g/mol. The van der Waals surface area contributed by atoms with Gasteiger partial charge in [-0.3, -0.25) is 0 Å². The molecule has 118 valence electrons. The minimum Gasteiger partial charge on any atom is -0.495 e. The van der Waals surface area contributed by atoms with Crippen LogP contribution in [0.5, 0.6) is 5.75 Å². The molecule has 1 saturated carbocycles. The van der Waals surface area contributed by atoms with Crippen molar-refractivity contribution < 1.29 is 13.2 Å². The molecule has 1 aliphatic rings. The number of rotatable bonds is 4. The van der Waals surface area contributed by atoms with Crippen molar-refractivity contribution in [2.75, 3.05) is 12.4 Å². The van der Waals surface area contributed by atoms with Gasteiger partial charge in [0, 0.05) is 6.04 Å². The number of benzene rings is 1. The zero-order valence-corrected chi connectivity index (χ0v) is 13.6. The highest BCUT2D eigenvalue weighted by molar-refractivity contribution is 7.89. The number of methoxy groups -OCH3 is 1. The van der Waals surface area contributed by atoms with Crippen LogP contribution >= 0.6 is 0 Å². The maximum absolute atomic E-state index is 11.5. The lowest BCUT2D eigenvalue weighted by atomic mass is 9.78. The van der Waals surface area contributed by atoms with E-state index in [1.807, 2.05) is 0 Å². The predicted octanol–water partition coefficient (Wildman–Crippen LogP) is 2.58. The average Bonchev–Trinajstić information content (AvgIpc) is 2.42. The molecule has 0 amide bonds. The molecule has 0 saturated heterocycles. The number of ether oxygens (including phenoxy) is 1. The fourth-order valence-corrected chi connectivity index (χ4v) is 3.66. The molecule has 21 heavy (non-hydrogen) atoms. The van der Waals surface area contributed by atoms with E-state index in [2.05, 4.69) is 19.2 Å². The summed E-state index contributed by atoms with van der Waals surface area (Å²) < 4.78 is 28.4. The van der Waals surface area contributed by atoms with E-state index in [9.17, 15) is 8.42 Å². The summed E-state index contributed by atoms with van der Waals surface area (Å²) in [6.45, 7) is 4.45. The number of nitrogens with one attached hydrogen (secondary N) is 1. The second-order valence-electron chi connectivity index (χ2n) is 5.96. The van der Waals surface area contributed by atoms with Gasteiger partial charge in [-0.2, -0.15) is 0 Å². The van der Waals surface area contributed by atoms with Gasteiger partial charge in [-0.15, -0.1) is 0 Å². The highest BCUT2D eigenvalue weighted by Gasteiger charge is 2.28. The number of anilines is 1. The fraction of sp³-hybridized carbons (Fsp3) is 0.600. The Morgan fingerprint density at radius 2 is 1.86 bits per heavy atom. The number of nitrogens with two attached hydrogens (primary N) is 1. The van der Waals surface area contributed by atoms with E-state index in [1.54, 1.807) is 19.2 Å². The summed E-state index contributed by atoms with van der Waals surface area (Å²) in [7, 11) is -2.14. The van der Waals surface area contributed by atoms with Gasteiger partial charge in [-0.1, -0.05) is 20.3 Å². The van der Waals surface area contributed by atoms with Gasteiger partial charge in [0.05, 0.1) is 17.7 Å². The molecule has 6 heteroatoms. The van der Waals surface area contributed by atoms with Gasteiger partial charge in [0.25, 0.3) is 0 Å². The van der Waals surface area contributed by atoms with E-state index in [-0.39, 0.29) is 4.90 Å². The Balaban J connectivity index is 2.33. The summed E-state index contributed by atoms with van der Waals surface area (Å²) in [6, 6.07) is 4.97. The molecule has 0 aliphatic heterocycles. The predicted molar refractivity (Wildman–Crippen MR) is 84.0 cm³/mol. The third kappa shape index (κ3) is 3.68. The minimum absolute atomic E-state index is 0.0990. The molecule has 0 heterocycles. The largest absolute Gasteiger partial charge is 0.495 e. The quantitative estimate of drug-likeness (QED) is 0.895. The van der Waals surface area contributed by atoms with Crippen molar-refractivity contribution in [1.29, 1.82) is 0 Å². The Morgan fingerprint density at radius 1 is 1.24 bits per heavy atom. The Labute approximate surface area is 126 Å². The van der Waals surface area contributed by atoms with Gasteiger partial charge < -0.3 is 10.1 Å². The number of hydrogen-bond donors (Lipinski definition) is 2. The SMILES string of the molecule is COc1ccc(S(N)(=O)=O)cc1NC1C(C)CCCC1C. The molecule has 5 nitrogen and oxygen atoms in total. The Hall–Kier alpha value is -1.27. The van der Waals surface area contributed by atoms with E-state index < -0.39 is 10.0 Å². The molecule has 1 aromatic carbocycles. The van der Waals surface area contributed by atoms with Crippen LogP contribution in [0.1, 0.15) is 33.1 Å². The first-order valence-electron chi connectivity index (χ1n) is 7.30. The number of primary sulfonamides is 1. The van der Waals surface area contributed by atoms with Crippen LogP contribution in [0.3, 0.4) is 0 Å². The molecule has 1 aliphatic carbocycles. The number of hydrogen-bond acceptors (Lipinski definition) is 4. The lowest BCUT2D eigenvalue weighted by molar-refractivity contribution is 0.267. The number of sulfonamides is 1. The van der Waals surface area contributed by atoms with Crippen molar-refractivity contribution in [1.82, 2.24) is 0 Å². The second-order valence-corrected chi connectivity index (χ2v) is 7.52. The molecular formula is C15H24N2O3S. The smallest absolute Gasteiger partial charge is 0.238 e. The monoisotopic (exact) mass is 312 g/mol. The van der Waals surface area contributed by atoms with Crippen molar-refractivity contribution in [3.63, 3.8) is 0 Å². The van der Waals surface area contributed by atoms with Gasteiger partial charge in [-0.05, 0) is 42.9 Å². The molecule has 0 spiro atoms. The van der Waals surface area contributed by atoms with E-state index in [0.717, 1.165) is 0 Å². The summed E-state index contributed by atoms with van der Waals surface area (Å²) in [5.74, 6) is 1.71. The van der Waals surface area contributed by atoms with Crippen LogP contribution in [-0.2, 0) is 10.0 Å². The summed E-state index contributed by atoms with van der Waals surface area (Å²) in [6.07, 6.45) is 3.60. The zero-order chi connectivity index (χ0) is 15.6. The third-order valence-electron chi connectivity index (χ3n) is 4.37. The maximum atomic E-state index is 11.5. The van der Waals surface area contributed by atoms with Crippen molar-refractivity contribution in [2.24, 2.45) is 17.0 Å². The van der Waals surface area contributed by atoms with Crippen LogP contribution in [-0.4, -0.2) is 21.6 Å². The van der Waals surface area contributed by atoms with Crippen molar-refractivity contribution in [2.45, 2.75) is 44.0 Å². The van der Waals surface area contributed by atoms with E-state index in [1.165, 1.54) is 25.3 Å². The van der Waals surface area contributed by atoms with Crippen LogP contribution in [0, 0.1) is 11.8 Å². The fourth-order valence-electron chi connectivity index (χ4n) is 3.12. The molecule has 0 radical (unpaired) electrons. The summed E-state index contributed by atoms with van der Waals surface area (Å²) in [5, 5.41) is 8.68. The van der Waals surface area contributed by atoms with Gasteiger partial charge in [-0.25, -0.2) is 13.6 Å². The maximum Gasteiger partial charge on any atom is 0.238 e. The van der Waals surface area contributed by atoms with Crippen LogP contribution in [0.4, 0.5) is 5.69 Å². The molecule has 0 bridgehead atoms. The Bertz CT molecular complexity index is 591. The first-order chi connectivity index (χ1) is 9.82. The molecule has 2 rings (SSSR count). The molecule has 0 aromatic heterocycles. The lowest BCUT2D eigenvalue weighted by Gasteiger charge is -2.36. The molecule has 1 fully saturated rings. The Morgan fingerprint density at radius 3 is 2.38 bits per heavy atom. The van der Waals surface area contributed by atoms with Crippen LogP contribution < -0.4 is 15.2 Å². The highest BCUT2D eigenvalue weighted by atomic mass is 32.2. The van der Waals surface area contributed by atoms with Crippen molar-refractivity contribution in [3.8, 4) is 5.75 Å². The minimum atomic E-state index is -3.71. The lowest BCUT2D eigenvalue weighted by Crippen LogP contribution is -2.37. The third-order valence-corrected chi connectivity index (χ3v) is 5.28. The normalized spacial score (nSPS) is 26.4. The summed E-state index contributed by atoms with van der Waals surface area (Å²) in [5.41, 5.74) is 0.689. The topological polar surface area (TPSA) is 81.4 Å². The van der Waals surface area contributed by atoms with Gasteiger partial charge in [0.15, 0.2) is 0 Å². The zero-order valence-electron chi connectivity index (χ0n) is 12.8. The van der Waals surface area contributed by atoms with E-state index >= 15 is 0 Å². The Kier molecular flexibility index (Phi) is 4.78. The molecule has 1 aromatic rings. The van der Waals surface area contributed by atoms with Gasteiger partial charge in [0.1, 0.15) is 5.75 Å². The van der Waals surface area contributed by atoms with Crippen LogP contribution in [0.25, 0.3) is 0 Å². The van der Waals surface area contributed by atoms with Crippen LogP contribution in [0.15, 0.2) is 23.1 Å². The first-order valence-corrected chi connectivity index (χ1v) is 8.85. The molecular weight excluding hydrogens is 288 g/mol. The van der Waals surface area contributed by atoms with E-state index in [4.69, 9.17) is 9.88 Å². The summed E-state index contributed by atoms with van der Waals surface area (Å²) in [4.78, 5) is 0.0990. The highest BCUT2D eigenvalue weighted by Crippen LogP contribution is 2.34. The second kappa shape index (κ2) is 6.23. The van der Waals surface area contributed by atoms with Crippen molar-refractivity contribution >= 4 is 15.7 Å². The van der Waals surface area contributed by atoms with Gasteiger partial charge >= 0.3 is 0 Å².